The first kappa shape index (κ1) is 19.9. The molecule has 0 aliphatic heterocycles. The number of anilines is 1. The van der Waals surface area contributed by atoms with Gasteiger partial charge >= 0.3 is 6.18 Å². The van der Waals surface area contributed by atoms with Gasteiger partial charge in [-0.2, -0.15) is 18.3 Å². The lowest BCUT2D eigenvalue weighted by molar-refractivity contribution is -0.126. The molecule has 0 bridgehead atoms. The molecule has 11 heteroatoms. The zero-order valence-corrected chi connectivity index (χ0v) is 15.8. The molecule has 0 radical (unpaired) electrons. The zero-order chi connectivity index (χ0) is 20.5. The van der Waals surface area contributed by atoms with Crippen molar-refractivity contribution in [1.29, 1.82) is 0 Å². The van der Waals surface area contributed by atoms with Crippen molar-refractivity contribution in [2.75, 3.05) is 5.32 Å². The Morgan fingerprint density at radius 2 is 1.96 bits per heavy atom. The van der Waals surface area contributed by atoms with Crippen molar-refractivity contribution in [3.05, 3.63) is 45.5 Å². The fourth-order valence-corrected chi connectivity index (χ4v) is 3.76. The van der Waals surface area contributed by atoms with Crippen LogP contribution in [0, 0.1) is 0 Å². The van der Waals surface area contributed by atoms with Gasteiger partial charge in [-0.05, 0) is 18.1 Å². The molecule has 0 aliphatic carbocycles. The third kappa shape index (κ3) is 4.53. The number of thiophene rings is 1. The first-order valence-corrected chi connectivity index (χ1v) is 9.13. The maximum Gasteiger partial charge on any atom is 0.393 e. The van der Waals surface area contributed by atoms with E-state index >= 15 is 0 Å². The Kier molecular flexibility index (Phi) is 5.45. The van der Waals surface area contributed by atoms with Crippen molar-refractivity contribution in [3.63, 3.8) is 0 Å². The predicted octanol–water partition coefficient (Wildman–Crippen LogP) is 3.11. The quantitative estimate of drug-likeness (QED) is 0.697. The second-order valence-electron chi connectivity index (χ2n) is 6.37. The fourth-order valence-electron chi connectivity index (χ4n) is 2.62. The van der Waals surface area contributed by atoms with Gasteiger partial charge in [-0.3, -0.25) is 14.9 Å². The highest BCUT2D eigenvalue weighted by Crippen LogP contribution is 2.32. The summed E-state index contributed by atoms with van der Waals surface area (Å²) < 4.78 is 39.3. The van der Waals surface area contributed by atoms with Crippen LogP contribution in [0.2, 0.25) is 0 Å². The molecule has 7 nitrogen and oxygen atoms in total. The normalized spacial score (nSPS) is 11.9. The molecular weight excluding hydrogens is 395 g/mol. The number of fused-ring (bicyclic) bond motifs is 1. The number of hydrogen-bond donors (Lipinski definition) is 1. The predicted molar refractivity (Wildman–Crippen MR) is 98.4 cm³/mol. The van der Waals surface area contributed by atoms with Gasteiger partial charge in [0.15, 0.2) is 0 Å². The molecule has 0 saturated heterocycles. The number of rotatable bonds is 5. The Hall–Kier alpha value is -2.82. The molecule has 148 valence electrons. The molecule has 0 unspecified atom stereocenters. The average molecular weight is 411 g/mol. The number of halogens is 3. The van der Waals surface area contributed by atoms with Crippen LogP contribution in [-0.2, 0) is 17.8 Å². The summed E-state index contributed by atoms with van der Waals surface area (Å²) >= 11 is 0.778. The highest BCUT2D eigenvalue weighted by atomic mass is 32.1. The lowest BCUT2D eigenvalue weighted by Crippen LogP contribution is -2.30. The highest BCUT2D eigenvalue weighted by molar-refractivity contribution is 7.19. The molecule has 0 saturated carbocycles. The smallest absolute Gasteiger partial charge is 0.293 e. The van der Waals surface area contributed by atoms with Crippen molar-refractivity contribution in [2.24, 2.45) is 0 Å². The molecule has 3 heterocycles. The summed E-state index contributed by atoms with van der Waals surface area (Å²) in [5.74, 6) is -0.639. The molecular formula is C17H16F3N5O2S. The molecule has 28 heavy (non-hydrogen) atoms. The summed E-state index contributed by atoms with van der Waals surface area (Å²) in [6, 6.07) is 2.94. The topological polar surface area (TPSA) is 89.8 Å². The van der Waals surface area contributed by atoms with E-state index in [-0.39, 0.29) is 21.4 Å². The van der Waals surface area contributed by atoms with Gasteiger partial charge in [0.1, 0.15) is 11.2 Å². The number of amides is 1. The Morgan fingerprint density at radius 1 is 1.29 bits per heavy atom. The Labute approximate surface area is 161 Å². The third-order valence-corrected chi connectivity index (χ3v) is 4.87. The number of hydrogen-bond acceptors (Lipinski definition) is 6. The van der Waals surface area contributed by atoms with Crippen LogP contribution in [0.25, 0.3) is 10.1 Å². The van der Waals surface area contributed by atoms with Gasteiger partial charge in [-0.15, -0.1) is 11.3 Å². The Balaban J connectivity index is 1.97. The van der Waals surface area contributed by atoms with Crippen LogP contribution in [0.3, 0.4) is 0 Å². The Morgan fingerprint density at radius 3 is 2.57 bits per heavy atom. The van der Waals surface area contributed by atoms with Crippen molar-refractivity contribution >= 4 is 33.3 Å². The van der Waals surface area contributed by atoms with Gasteiger partial charge < -0.3 is 0 Å². The number of nitrogens with zero attached hydrogens (tertiary/aromatic N) is 4. The van der Waals surface area contributed by atoms with E-state index in [1.807, 2.05) is 13.8 Å². The van der Waals surface area contributed by atoms with E-state index in [1.54, 1.807) is 6.07 Å². The fraction of sp³-hybridized carbons (Fsp3) is 0.353. The van der Waals surface area contributed by atoms with E-state index in [4.69, 9.17) is 0 Å². The first-order valence-electron chi connectivity index (χ1n) is 8.31. The lowest BCUT2D eigenvalue weighted by Gasteiger charge is -2.11. The first-order chi connectivity index (χ1) is 13.1. The SMILES string of the molecule is CC(C)c1nn(CC(=O)Nc2ncccn2)c(=O)c2sc(CC(F)(F)F)cc12. The summed E-state index contributed by atoms with van der Waals surface area (Å²) in [4.78, 5) is 32.6. The minimum atomic E-state index is -4.37. The van der Waals surface area contributed by atoms with Crippen LogP contribution >= 0.6 is 11.3 Å². The van der Waals surface area contributed by atoms with Crippen molar-refractivity contribution < 1.29 is 18.0 Å². The van der Waals surface area contributed by atoms with E-state index < -0.39 is 30.6 Å². The molecule has 0 fully saturated rings. The lowest BCUT2D eigenvalue weighted by atomic mass is 10.1. The number of aromatic nitrogens is 4. The summed E-state index contributed by atoms with van der Waals surface area (Å²) in [6.07, 6.45) is -2.59. The third-order valence-electron chi connectivity index (χ3n) is 3.75. The molecule has 1 amide bonds. The van der Waals surface area contributed by atoms with E-state index in [0.29, 0.717) is 11.1 Å². The van der Waals surface area contributed by atoms with Gasteiger partial charge in [-0.1, -0.05) is 13.8 Å². The van der Waals surface area contributed by atoms with Crippen LogP contribution < -0.4 is 10.9 Å². The van der Waals surface area contributed by atoms with Gasteiger partial charge in [0.05, 0.1) is 12.1 Å². The van der Waals surface area contributed by atoms with Crippen molar-refractivity contribution in [2.45, 2.75) is 38.9 Å². The standard InChI is InChI=1S/C17H16F3N5O2S/c1-9(2)13-11-6-10(7-17(18,19)20)28-14(11)15(27)25(24-13)8-12(26)23-16-21-4-3-5-22-16/h3-6,9H,7-8H2,1-2H3,(H,21,22,23,26). The second kappa shape index (κ2) is 7.66. The van der Waals surface area contributed by atoms with Crippen LogP contribution in [0.15, 0.2) is 29.3 Å². The number of nitrogens with one attached hydrogen (secondary N) is 1. The van der Waals surface area contributed by atoms with E-state index in [9.17, 15) is 22.8 Å². The molecule has 3 rings (SSSR count). The van der Waals surface area contributed by atoms with E-state index in [1.165, 1.54) is 18.5 Å². The highest BCUT2D eigenvalue weighted by Gasteiger charge is 2.29. The molecule has 1 N–H and O–H groups in total. The number of carbonyl (C=O) groups excluding carboxylic acids is 1. The summed E-state index contributed by atoms with van der Waals surface area (Å²) in [5, 5.41) is 7.06. The van der Waals surface area contributed by atoms with Crippen LogP contribution in [0.4, 0.5) is 19.1 Å². The molecule has 0 aliphatic rings. The second-order valence-corrected chi connectivity index (χ2v) is 7.51. The van der Waals surface area contributed by atoms with Gasteiger partial charge in [0, 0.05) is 22.7 Å². The molecule has 0 atom stereocenters. The maximum absolute atomic E-state index is 12.7. The van der Waals surface area contributed by atoms with Crippen LogP contribution in [0.5, 0.6) is 0 Å². The largest absolute Gasteiger partial charge is 0.393 e. The summed E-state index contributed by atoms with van der Waals surface area (Å²) in [7, 11) is 0. The van der Waals surface area contributed by atoms with Crippen LogP contribution in [-0.4, -0.2) is 31.8 Å². The monoisotopic (exact) mass is 411 g/mol. The molecule has 0 spiro atoms. The number of carbonyl (C=O) groups is 1. The van der Waals surface area contributed by atoms with Gasteiger partial charge in [0.25, 0.3) is 5.56 Å². The van der Waals surface area contributed by atoms with E-state index in [0.717, 1.165) is 16.0 Å². The van der Waals surface area contributed by atoms with Crippen molar-refractivity contribution in [1.82, 2.24) is 19.7 Å². The maximum atomic E-state index is 12.7. The van der Waals surface area contributed by atoms with E-state index in [2.05, 4.69) is 20.4 Å². The molecule has 3 aromatic heterocycles. The number of alkyl halides is 3. The van der Waals surface area contributed by atoms with Gasteiger partial charge in [-0.25, -0.2) is 14.6 Å². The molecule has 3 aromatic rings. The van der Waals surface area contributed by atoms with Crippen molar-refractivity contribution in [3.8, 4) is 0 Å². The summed E-state index contributed by atoms with van der Waals surface area (Å²) in [6.45, 7) is 3.23. The molecule has 0 aromatic carbocycles. The zero-order valence-electron chi connectivity index (χ0n) is 14.9. The average Bonchev–Trinajstić information content (AvgIpc) is 3.00. The summed E-state index contributed by atoms with van der Waals surface area (Å²) in [5.41, 5.74) is -0.148. The minimum absolute atomic E-state index is 0.0307. The minimum Gasteiger partial charge on any atom is -0.293 e. The van der Waals surface area contributed by atoms with Crippen LogP contribution in [0.1, 0.15) is 30.3 Å². The Bertz CT molecular complexity index is 1060. The van der Waals surface area contributed by atoms with Gasteiger partial charge in [0.2, 0.25) is 11.9 Å².